The Morgan fingerprint density at radius 2 is 1.04 bits per heavy atom. The SMILES string of the molecule is Cc1ccc(CC(c2ccc(C)cc2)c2ccc(-c3ccc(C4c5ccccc5-c5ccccc54)cc3C=O)c(C=O)c2)cc1. The fraction of sp³-hybridized carbons (Fsp3) is 0.116. The van der Waals surface area contributed by atoms with Crippen molar-refractivity contribution < 1.29 is 9.59 Å². The second-order valence-electron chi connectivity index (χ2n) is 12.2. The third-order valence-electron chi connectivity index (χ3n) is 9.30. The first-order chi connectivity index (χ1) is 22.0. The maximum atomic E-state index is 12.6. The number of carbonyl (C=O) groups excluding carboxylic acids is 2. The lowest BCUT2D eigenvalue weighted by molar-refractivity contribution is 0.111. The molecule has 6 aromatic carbocycles. The van der Waals surface area contributed by atoms with E-state index < -0.39 is 0 Å². The molecule has 1 atom stereocenters. The van der Waals surface area contributed by atoms with Crippen LogP contribution in [0.1, 0.15) is 77.1 Å². The van der Waals surface area contributed by atoms with Crippen molar-refractivity contribution in [1.29, 1.82) is 0 Å². The highest BCUT2D eigenvalue weighted by Gasteiger charge is 2.30. The molecule has 0 aromatic heterocycles. The van der Waals surface area contributed by atoms with Crippen molar-refractivity contribution in [3.63, 3.8) is 0 Å². The maximum absolute atomic E-state index is 12.6. The predicted molar refractivity (Wildman–Crippen MR) is 183 cm³/mol. The summed E-state index contributed by atoms with van der Waals surface area (Å²) in [7, 11) is 0. The molecule has 0 amide bonds. The zero-order valence-corrected chi connectivity index (χ0v) is 25.5. The van der Waals surface area contributed by atoms with Crippen molar-refractivity contribution in [2.75, 3.05) is 0 Å². The van der Waals surface area contributed by atoms with Gasteiger partial charge in [-0.05, 0) is 88.0 Å². The van der Waals surface area contributed by atoms with Crippen LogP contribution in [0.5, 0.6) is 0 Å². The Morgan fingerprint density at radius 1 is 0.533 bits per heavy atom. The predicted octanol–water partition coefficient (Wildman–Crippen LogP) is 10.1. The number of fused-ring (bicyclic) bond motifs is 3. The molecule has 6 aromatic rings. The summed E-state index contributed by atoms with van der Waals surface area (Å²) in [5.74, 6) is 0.131. The van der Waals surface area contributed by atoms with Gasteiger partial charge in [0.05, 0.1) is 0 Å². The summed E-state index contributed by atoms with van der Waals surface area (Å²) < 4.78 is 0. The summed E-state index contributed by atoms with van der Waals surface area (Å²) in [5.41, 5.74) is 14.7. The molecule has 7 rings (SSSR count). The number of aryl methyl sites for hydroxylation is 2. The van der Waals surface area contributed by atoms with Crippen molar-refractivity contribution in [2.24, 2.45) is 0 Å². The van der Waals surface area contributed by atoms with E-state index in [0.717, 1.165) is 41.2 Å². The van der Waals surface area contributed by atoms with Gasteiger partial charge in [-0.2, -0.15) is 0 Å². The molecular formula is C43H34O2. The number of benzene rings is 6. The molecule has 218 valence electrons. The molecule has 0 fully saturated rings. The average molecular weight is 583 g/mol. The van der Waals surface area contributed by atoms with Crippen molar-refractivity contribution in [3.05, 3.63) is 189 Å². The van der Waals surface area contributed by atoms with Crippen LogP contribution < -0.4 is 0 Å². The first-order valence-electron chi connectivity index (χ1n) is 15.5. The normalized spacial score (nSPS) is 12.8. The van der Waals surface area contributed by atoms with Gasteiger partial charge in [-0.15, -0.1) is 0 Å². The van der Waals surface area contributed by atoms with Crippen molar-refractivity contribution in [3.8, 4) is 22.3 Å². The Kier molecular flexibility index (Phi) is 7.57. The van der Waals surface area contributed by atoms with Crippen molar-refractivity contribution in [2.45, 2.75) is 32.1 Å². The Labute approximate surface area is 265 Å². The molecule has 2 heteroatoms. The van der Waals surface area contributed by atoms with Crippen molar-refractivity contribution >= 4 is 12.6 Å². The zero-order chi connectivity index (χ0) is 30.9. The molecule has 0 spiro atoms. The molecular weight excluding hydrogens is 548 g/mol. The first kappa shape index (κ1) is 28.4. The van der Waals surface area contributed by atoms with Crippen LogP contribution in [0.15, 0.2) is 133 Å². The summed E-state index contributed by atoms with van der Waals surface area (Å²) in [5, 5.41) is 0. The van der Waals surface area contributed by atoms with E-state index in [2.05, 4.69) is 123 Å². The Bertz CT molecular complexity index is 1990. The van der Waals surface area contributed by atoms with E-state index in [1.807, 2.05) is 24.3 Å². The Balaban J connectivity index is 1.28. The molecule has 0 bridgehead atoms. The topological polar surface area (TPSA) is 34.1 Å². The van der Waals surface area contributed by atoms with Crippen molar-refractivity contribution in [1.82, 2.24) is 0 Å². The van der Waals surface area contributed by atoms with Crippen LogP contribution in [-0.4, -0.2) is 12.6 Å². The van der Waals surface area contributed by atoms with Gasteiger partial charge in [-0.3, -0.25) is 9.59 Å². The number of hydrogen-bond donors (Lipinski definition) is 0. The average Bonchev–Trinajstić information content (AvgIpc) is 3.42. The summed E-state index contributed by atoms with van der Waals surface area (Å²) in [4.78, 5) is 25.2. The van der Waals surface area contributed by atoms with E-state index in [9.17, 15) is 9.59 Å². The smallest absolute Gasteiger partial charge is 0.150 e. The van der Waals surface area contributed by atoms with Crippen LogP contribution in [0.4, 0.5) is 0 Å². The molecule has 0 heterocycles. The lowest BCUT2D eigenvalue weighted by Crippen LogP contribution is -2.07. The number of carbonyl (C=O) groups is 2. The first-order valence-corrected chi connectivity index (χ1v) is 15.5. The summed E-state index contributed by atoms with van der Waals surface area (Å²) in [6, 6.07) is 46.6. The van der Waals surface area contributed by atoms with Crippen LogP contribution in [0, 0.1) is 13.8 Å². The minimum Gasteiger partial charge on any atom is -0.298 e. The van der Waals surface area contributed by atoms with Gasteiger partial charge in [-0.25, -0.2) is 0 Å². The van der Waals surface area contributed by atoms with Gasteiger partial charge in [-0.1, -0.05) is 132 Å². The third kappa shape index (κ3) is 5.34. The van der Waals surface area contributed by atoms with E-state index in [4.69, 9.17) is 0 Å². The van der Waals surface area contributed by atoms with Gasteiger partial charge in [0, 0.05) is 23.0 Å². The van der Waals surface area contributed by atoms with Gasteiger partial charge in [0.25, 0.3) is 0 Å². The molecule has 2 nitrogen and oxygen atoms in total. The van der Waals surface area contributed by atoms with Crippen LogP contribution >= 0.6 is 0 Å². The molecule has 0 saturated carbocycles. The molecule has 1 aliphatic rings. The highest BCUT2D eigenvalue weighted by atomic mass is 16.1. The van der Waals surface area contributed by atoms with Gasteiger partial charge in [0.2, 0.25) is 0 Å². The van der Waals surface area contributed by atoms with Gasteiger partial charge < -0.3 is 0 Å². The zero-order valence-electron chi connectivity index (χ0n) is 25.5. The van der Waals surface area contributed by atoms with Gasteiger partial charge >= 0.3 is 0 Å². The summed E-state index contributed by atoms with van der Waals surface area (Å²) in [6.45, 7) is 4.19. The minimum absolute atomic E-state index is 0.0510. The Morgan fingerprint density at radius 3 is 1.64 bits per heavy atom. The minimum atomic E-state index is 0.0510. The standard InChI is InChI=1S/C43H34O2/c1-28-11-15-30(16-12-28)23-42(31-17-13-29(2)14-18-31)32-19-21-36(34(24-32)26-44)37-22-20-33(25-35(37)27-45)43-40-9-5-3-7-38(40)39-8-4-6-10-41(39)43/h3-22,24-27,42-43H,23H2,1-2H3. The lowest BCUT2D eigenvalue weighted by Gasteiger charge is -2.21. The molecule has 0 radical (unpaired) electrons. The molecule has 45 heavy (non-hydrogen) atoms. The largest absolute Gasteiger partial charge is 0.298 e. The molecule has 0 saturated heterocycles. The second-order valence-corrected chi connectivity index (χ2v) is 12.2. The van der Waals surface area contributed by atoms with E-state index in [1.54, 1.807) is 0 Å². The summed E-state index contributed by atoms with van der Waals surface area (Å²) >= 11 is 0. The monoisotopic (exact) mass is 582 g/mol. The number of rotatable bonds is 8. The number of hydrogen-bond acceptors (Lipinski definition) is 2. The second kappa shape index (κ2) is 12.0. The van der Waals surface area contributed by atoms with Gasteiger partial charge in [0.1, 0.15) is 0 Å². The van der Waals surface area contributed by atoms with Crippen LogP contribution in [-0.2, 0) is 6.42 Å². The van der Waals surface area contributed by atoms with Crippen LogP contribution in [0.25, 0.3) is 22.3 Å². The maximum Gasteiger partial charge on any atom is 0.150 e. The van der Waals surface area contributed by atoms with E-state index in [0.29, 0.717) is 11.1 Å². The van der Waals surface area contributed by atoms with Crippen LogP contribution in [0.3, 0.4) is 0 Å². The molecule has 0 aliphatic heterocycles. The fourth-order valence-electron chi connectivity index (χ4n) is 6.95. The highest BCUT2D eigenvalue weighted by Crippen LogP contribution is 2.48. The Hall–Kier alpha value is -5.34. The van der Waals surface area contributed by atoms with E-state index in [-0.39, 0.29) is 11.8 Å². The quantitative estimate of drug-likeness (QED) is 0.167. The summed E-state index contributed by atoms with van der Waals surface area (Å²) in [6.07, 6.45) is 2.66. The highest BCUT2D eigenvalue weighted by molar-refractivity contribution is 5.95. The fourth-order valence-corrected chi connectivity index (χ4v) is 6.95. The lowest BCUT2D eigenvalue weighted by atomic mass is 9.83. The third-order valence-corrected chi connectivity index (χ3v) is 9.30. The molecule has 1 aliphatic carbocycles. The van der Waals surface area contributed by atoms with Gasteiger partial charge in [0.15, 0.2) is 12.6 Å². The van der Waals surface area contributed by atoms with Crippen LogP contribution in [0.2, 0.25) is 0 Å². The molecule has 1 unspecified atom stereocenters. The van der Waals surface area contributed by atoms with E-state index in [1.165, 1.54) is 44.5 Å². The van der Waals surface area contributed by atoms with E-state index >= 15 is 0 Å². The number of aldehydes is 2. The molecule has 0 N–H and O–H groups in total.